The van der Waals surface area contributed by atoms with Gasteiger partial charge in [0.15, 0.2) is 0 Å². The van der Waals surface area contributed by atoms with Gasteiger partial charge in [0, 0.05) is 31.2 Å². The number of benzene rings is 1. The molecule has 23 heavy (non-hydrogen) atoms. The molecule has 4 nitrogen and oxygen atoms in total. The van der Waals surface area contributed by atoms with Crippen molar-refractivity contribution in [1.82, 2.24) is 4.90 Å². The molecule has 1 amide bonds. The van der Waals surface area contributed by atoms with Crippen molar-refractivity contribution in [2.75, 3.05) is 42.9 Å². The fourth-order valence-corrected chi connectivity index (χ4v) is 3.57. The third-order valence-corrected chi connectivity index (χ3v) is 5.22. The normalized spacial score (nSPS) is 15.7. The van der Waals surface area contributed by atoms with Gasteiger partial charge in [0.2, 0.25) is 0 Å². The number of hydrogen-bond acceptors (Lipinski definition) is 4. The predicted octanol–water partition coefficient (Wildman–Crippen LogP) is 3.80. The largest absolute Gasteiger partial charge is 0.367 e. The Bertz CT molecular complexity index is 666. The molecule has 1 aromatic heterocycles. The van der Waals surface area contributed by atoms with Crippen LogP contribution >= 0.6 is 22.9 Å². The number of hydrogen-bond donors (Lipinski definition) is 1. The second-order valence-corrected chi connectivity index (χ2v) is 6.90. The van der Waals surface area contributed by atoms with Gasteiger partial charge in [-0.05, 0) is 36.2 Å². The number of anilines is 2. The Kier molecular flexibility index (Phi) is 5.20. The smallest absolute Gasteiger partial charge is 0.265 e. The summed E-state index contributed by atoms with van der Waals surface area (Å²) >= 11 is 7.57. The van der Waals surface area contributed by atoms with E-state index in [2.05, 4.69) is 22.0 Å². The fraction of sp³-hybridized carbons (Fsp3) is 0.353. The van der Waals surface area contributed by atoms with Crippen LogP contribution in [0.2, 0.25) is 5.02 Å². The highest BCUT2D eigenvalue weighted by molar-refractivity contribution is 7.12. The van der Waals surface area contributed by atoms with E-state index in [0.29, 0.717) is 9.90 Å². The van der Waals surface area contributed by atoms with Gasteiger partial charge in [-0.3, -0.25) is 4.79 Å². The molecule has 1 saturated heterocycles. The molecule has 1 aliphatic heterocycles. The molecule has 0 spiro atoms. The minimum atomic E-state index is -0.0873. The first kappa shape index (κ1) is 16.3. The van der Waals surface area contributed by atoms with E-state index >= 15 is 0 Å². The average molecular weight is 350 g/mol. The fourth-order valence-electron chi connectivity index (χ4n) is 2.78. The van der Waals surface area contributed by atoms with E-state index in [-0.39, 0.29) is 5.91 Å². The third kappa shape index (κ3) is 3.86. The van der Waals surface area contributed by atoms with Crippen molar-refractivity contribution in [3.05, 3.63) is 45.6 Å². The molecule has 2 aromatic rings. The molecule has 1 aromatic carbocycles. The monoisotopic (exact) mass is 349 g/mol. The molecular weight excluding hydrogens is 330 g/mol. The molecular formula is C17H20ClN3OS. The van der Waals surface area contributed by atoms with Gasteiger partial charge in [0.05, 0.1) is 16.3 Å². The van der Waals surface area contributed by atoms with E-state index in [4.69, 9.17) is 11.6 Å². The number of carbonyl (C=O) groups excluding carboxylic acids is 1. The van der Waals surface area contributed by atoms with Gasteiger partial charge in [-0.1, -0.05) is 24.6 Å². The number of rotatable bonds is 4. The summed E-state index contributed by atoms with van der Waals surface area (Å²) in [4.78, 5) is 17.8. The maximum absolute atomic E-state index is 12.3. The minimum absolute atomic E-state index is 0.0873. The zero-order chi connectivity index (χ0) is 16.2. The van der Waals surface area contributed by atoms with Crippen LogP contribution in [0, 0.1) is 0 Å². The second-order valence-electron chi connectivity index (χ2n) is 5.51. The van der Waals surface area contributed by atoms with Crippen molar-refractivity contribution in [3.63, 3.8) is 0 Å². The Morgan fingerprint density at radius 2 is 2.04 bits per heavy atom. The highest BCUT2D eigenvalue weighted by atomic mass is 35.5. The SMILES string of the molecule is CCN1CCN(c2ccc(Cl)cc2NC(=O)c2cccs2)CC1. The molecule has 0 saturated carbocycles. The second kappa shape index (κ2) is 7.34. The van der Waals surface area contributed by atoms with Crippen molar-refractivity contribution >= 4 is 40.2 Å². The third-order valence-electron chi connectivity index (χ3n) is 4.11. The van der Waals surface area contributed by atoms with Gasteiger partial charge in [-0.15, -0.1) is 11.3 Å². The molecule has 3 rings (SSSR count). The zero-order valence-electron chi connectivity index (χ0n) is 13.1. The predicted molar refractivity (Wildman–Crippen MR) is 98.1 cm³/mol. The van der Waals surface area contributed by atoms with Crippen molar-refractivity contribution < 1.29 is 4.79 Å². The summed E-state index contributed by atoms with van der Waals surface area (Å²) in [7, 11) is 0. The molecule has 1 fully saturated rings. The minimum Gasteiger partial charge on any atom is -0.367 e. The zero-order valence-corrected chi connectivity index (χ0v) is 14.7. The van der Waals surface area contributed by atoms with E-state index in [9.17, 15) is 4.79 Å². The van der Waals surface area contributed by atoms with Gasteiger partial charge in [0.25, 0.3) is 5.91 Å². The molecule has 0 radical (unpaired) electrons. The number of amides is 1. The Morgan fingerprint density at radius 1 is 1.26 bits per heavy atom. The Labute approximate surface area is 145 Å². The number of piperazine rings is 1. The maximum atomic E-state index is 12.3. The Balaban J connectivity index is 1.79. The molecule has 0 atom stereocenters. The highest BCUT2D eigenvalue weighted by Crippen LogP contribution is 2.30. The standard InChI is InChI=1S/C17H20ClN3OS/c1-2-20-7-9-21(10-8-20)15-6-5-13(18)12-14(15)19-17(22)16-4-3-11-23-16/h3-6,11-12H,2,7-10H2,1H3,(H,19,22). The highest BCUT2D eigenvalue weighted by Gasteiger charge is 2.19. The summed E-state index contributed by atoms with van der Waals surface area (Å²) in [6.45, 7) is 7.25. The van der Waals surface area contributed by atoms with Crippen LogP contribution in [0.25, 0.3) is 0 Å². The molecule has 0 bridgehead atoms. The van der Waals surface area contributed by atoms with Crippen LogP contribution in [0.1, 0.15) is 16.6 Å². The molecule has 0 unspecified atom stereocenters. The summed E-state index contributed by atoms with van der Waals surface area (Å²) in [6.07, 6.45) is 0. The van der Waals surface area contributed by atoms with E-state index in [1.54, 1.807) is 0 Å². The number of likely N-dealkylation sites (N-methyl/N-ethyl adjacent to an activating group) is 1. The van der Waals surface area contributed by atoms with Crippen LogP contribution in [0.3, 0.4) is 0 Å². The molecule has 122 valence electrons. The van der Waals surface area contributed by atoms with Crippen LogP contribution < -0.4 is 10.2 Å². The summed E-state index contributed by atoms with van der Waals surface area (Å²) in [5.41, 5.74) is 1.82. The lowest BCUT2D eigenvalue weighted by atomic mass is 10.2. The summed E-state index contributed by atoms with van der Waals surface area (Å²) in [5.74, 6) is -0.0873. The van der Waals surface area contributed by atoms with E-state index in [0.717, 1.165) is 44.1 Å². The lowest BCUT2D eigenvalue weighted by Crippen LogP contribution is -2.46. The van der Waals surface area contributed by atoms with Crippen LogP contribution in [-0.4, -0.2) is 43.5 Å². The van der Waals surface area contributed by atoms with Crippen molar-refractivity contribution in [3.8, 4) is 0 Å². The van der Waals surface area contributed by atoms with Crippen molar-refractivity contribution in [1.29, 1.82) is 0 Å². The molecule has 1 N–H and O–H groups in total. The molecule has 1 aliphatic rings. The lowest BCUT2D eigenvalue weighted by Gasteiger charge is -2.36. The maximum Gasteiger partial charge on any atom is 0.265 e. The van der Waals surface area contributed by atoms with Crippen LogP contribution in [-0.2, 0) is 0 Å². The van der Waals surface area contributed by atoms with Gasteiger partial charge < -0.3 is 15.1 Å². The van der Waals surface area contributed by atoms with E-state index in [1.807, 2.05) is 35.7 Å². The average Bonchev–Trinajstić information content (AvgIpc) is 3.10. The summed E-state index contributed by atoms with van der Waals surface area (Å²) < 4.78 is 0. The first-order chi connectivity index (χ1) is 11.2. The number of halogens is 1. The Morgan fingerprint density at radius 3 is 2.70 bits per heavy atom. The van der Waals surface area contributed by atoms with Gasteiger partial charge in [-0.25, -0.2) is 0 Å². The topological polar surface area (TPSA) is 35.6 Å². The van der Waals surface area contributed by atoms with Gasteiger partial charge in [-0.2, -0.15) is 0 Å². The van der Waals surface area contributed by atoms with Crippen molar-refractivity contribution in [2.24, 2.45) is 0 Å². The Hall–Kier alpha value is -1.56. The molecule has 6 heteroatoms. The van der Waals surface area contributed by atoms with Gasteiger partial charge in [0.1, 0.15) is 0 Å². The quantitative estimate of drug-likeness (QED) is 0.912. The lowest BCUT2D eigenvalue weighted by molar-refractivity contribution is 0.103. The van der Waals surface area contributed by atoms with Gasteiger partial charge >= 0.3 is 0 Å². The number of thiophene rings is 1. The number of carbonyl (C=O) groups is 1. The van der Waals surface area contributed by atoms with Crippen LogP contribution in [0.5, 0.6) is 0 Å². The van der Waals surface area contributed by atoms with Crippen molar-refractivity contribution in [2.45, 2.75) is 6.92 Å². The molecule has 2 heterocycles. The number of nitrogens with zero attached hydrogens (tertiary/aromatic N) is 2. The number of nitrogens with one attached hydrogen (secondary N) is 1. The summed E-state index contributed by atoms with van der Waals surface area (Å²) in [6, 6.07) is 9.40. The van der Waals surface area contributed by atoms with E-state index in [1.165, 1.54) is 11.3 Å². The first-order valence-electron chi connectivity index (χ1n) is 7.79. The first-order valence-corrected chi connectivity index (χ1v) is 9.05. The summed E-state index contributed by atoms with van der Waals surface area (Å²) in [5, 5.41) is 5.54. The molecule has 0 aliphatic carbocycles. The van der Waals surface area contributed by atoms with E-state index < -0.39 is 0 Å². The van der Waals surface area contributed by atoms with Crippen LogP contribution in [0.15, 0.2) is 35.7 Å². The van der Waals surface area contributed by atoms with Crippen LogP contribution in [0.4, 0.5) is 11.4 Å².